The second kappa shape index (κ2) is 4.87. The standard InChI is InChI=1S/C11H10ClF3O/c1-7-6-8(11(13,14)15)2-3-9(7)10(16)4-5-12/h2-3,6H,4-5H2,1H3. The predicted molar refractivity (Wildman–Crippen MR) is 55.8 cm³/mol. The molecule has 0 fully saturated rings. The van der Waals surface area contributed by atoms with Crippen LogP contribution in [0.2, 0.25) is 0 Å². The lowest BCUT2D eigenvalue weighted by Gasteiger charge is -2.09. The summed E-state index contributed by atoms with van der Waals surface area (Å²) >= 11 is 5.40. The van der Waals surface area contributed by atoms with E-state index in [2.05, 4.69) is 0 Å². The van der Waals surface area contributed by atoms with Gasteiger partial charge < -0.3 is 0 Å². The van der Waals surface area contributed by atoms with Crippen LogP contribution in [0.15, 0.2) is 18.2 Å². The van der Waals surface area contributed by atoms with Gasteiger partial charge in [-0.1, -0.05) is 6.07 Å². The molecule has 0 amide bonds. The molecule has 0 saturated heterocycles. The van der Waals surface area contributed by atoms with Gasteiger partial charge in [0.15, 0.2) is 5.78 Å². The lowest BCUT2D eigenvalue weighted by Crippen LogP contribution is -2.08. The first-order chi connectivity index (χ1) is 7.36. The Balaban J connectivity index is 3.05. The van der Waals surface area contributed by atoms with Gasteiger partial charge in [0.2, 0.25) is 0 Å². The van der Waals surface area contributed by atoms with Crippen LogP contribution in [-0.2, 0) is 6.18 Å². The van der Waals surface area contributed by atoms with Crippen molar-refractivity contribution in [2.24, 2.45) is 0 Å². The van der Waals surface area contributed by atoms with E-state index in [-0.39, 0.29) is 18.1 Å². The summed E-state index contributed by atoms with van der Waals surface area (Å²) < 4.78 is 37.0. The quantitative estimate of drug-likeness (QED) is 0.589. The highest BCUT2D eigenvalue weighted by Crippen LogP contribution is 2.30. The maximum Gasteiger partial charge on any atom is 0.416 e. The highest BCUT2D eigenvalue weighted by Gasteiger charge is 2.30. The average molecular weight is 251 g/mol. The van der Waals surface area contributed by atoms with Crippen molar-refractivity contribution in [2.75, 3.05) is 5.88 Å². The minimum atomic E-state index is -4.38. The minimum Gasteiger partial charge on any atom is -0.294 e. The average Bonchev–Trinajstić information content (AvgIpc) is 2.16. The Bertz CT molecular complexity index is 399. The van der Waals surface area contributed by atoms with Gasteiger partial charge in [0.25, 0.3) is 0 Å². The third-order valence-electron chi connectivity index (χ3n) is 2.18. The van der Waals surface area contributed by atoms with E-state index in [0.717, 1.165) is 12.1 Å². The molecule has 0 aliphatic rings. The molecule has 1 rings (SSSR count). The van der Waals surface area contributed by atoms with E-state index in [1.165, 1.54) is 13.0 Å². The summed E-state index contributed by atoms with van der Waals surface area (Å²) in [7, 11) is 0. The van der Waals surface area contributed by atoms with E-state index >= 15 is 0 Å². The molecular formula is C11H10ClF3O. The van der Waals surface area contributed by atoms with E-state index in [1.54, 1.807) is 0 Å². The lowest BCUT2D eigenvalue weighted by molar-refractivity contribution is -0.137. The van der Waals surface area contributed by atoms with Crippen molar-refractivity contribution in [3.05, 3.63) is 34.9 Å². The highest BCUT2D eigenvalue weighted by molar-refractivity contribution is 6.19. The largest absolute Gasteiger partial charge is 0.416 e. The smallest absolute Gasteiger partial charge is 0.294 e. The monoisotopic (exact) mass is 250 g/mol. The number of hydrogen-bond donors (Lipinski definition) is 0. The first-order valence-corrected chi connectivity index (χ1v) is 5.16. The van der Waals surface area contributed by atoms with Gasteiger partial charge in [-0.25, -0.2) is 0 Å². The molecule has 16 heavy (non-hydrogen) atoms. The first kappa shape index (κ1) is 13.0. The second-order valence-electron chi connectivity index (χ2n) is 3.39. The summed E-state index contributed by atoms with van der Waals surface area (Å²) in [6.45, 7) is 1.48. The molecule has 1 aromatic rings. The van der Waals surface area contributed by atoms with Crippen molar-refractivity contribution in [1.29, 1.82) is 0 Å². The molecule has 0 aliphatic heterocycles. The number of alkyl halides is 4. The summed E-state index contributed by atoms with van der Waals surface area (Å²) in [6, 6.07) is 3.09. The van der Waals surface area contributed by atoms with Gasteiger partial charge in [-0.2, -0.15) is 13.2 Å². The Kier molecular flexibility index (Phi) is 3.97. The van der Waals surface area contributed by atoms with Gasteiger partial charge in [-0.3, -0.25) is 4.79 Å². The number of ketones is 1. The van der Waals surface area contributed by atoms with E-state index in [9.17, 15) is 18.0 Å². The number of aryl methyl sites for hydroxylation is 1. The zero-order valence-corrected chi connectivity index (χ0v) is 9.32. The third-order valence-corrected chi connectivity index (χ3v) is 2.36. The SMILES string of the molecule is Cc1cc(C(F)(F)F)ccc1C(=O)CCCl. The van der Waals surface area contributed by atoms with Crippen LogP contribution >= 0.6 is 11.6 Å². The maximum atomic E-state index is 12.3. The van der Waals surface area contributed by atoms with Crippen LogP contribution in [0.4, 0.5) is 13.2 Å². The molecular weight excluding hydrogens is 241 g/mol. The van der Waals surface area contributed by atoms with Gasteiger partial charge in [0.1, 0.15) is 0 Å². The summed E-state index contributed by atoms with van der Waals surface area (Å²) in [5.74, 6) is -0.0690. The van der Waals surface area contributed by atoms with E-state index < -0.39 is 11.7 Å². The van der Waals surface area contributed by atoms with Crippen molar-refractivity contribution in [1.82, 2.24) is 0 Å². The van der Waals surface area contributed by atoms with E-state index in [4.69, 9.17) is 11.6 Å². The molecule has 0 N–H and O–H groups in total. The van der Waals surface area contributed by atoms with Gasteiger partial charge in [-0.15, -0.1) is 11.6 Å². The zero-order chi connectivity index (χ0) is 12.3. The van der Waals surface area contributed by atoms with Crippen molar-refractivity contribution >= 4 is 17.4 Å². The highest BCUT2D eigenvalue weighted by atomic mass is 35.5. The van der Waals surface area contributed by atoms with Gasteiger partial charge >= 0.3 is 6.18 Å². The summed E-state index contributed by atoms with van der Waals surface area (Å²) in [5.41, 5.74) is -0.119. The van der Waals surface area contributed by atoms with Crippen LogP contribution in [0.25, 0.3) is 0 Å². The fourth-order valence-corrected chi connectivity index (χ4v) is 1.54. The Morgan fingerprint density at radius 2 is 2.00 bits per heavy atom. The van der Waals surface area contributed by atoms with Crippen LogP contribution in [0.3, 0.4) is 0 Å². The van der Waals surface area contributed by atoms with Crippen molar-refractivity contribution in [3.8, 4) is 0 Å². The molecule has 88 valence electrons. The van der Waals surface area contributed by atoms with E-state index in [1.807, 2.05) is 0 Å². The molecule has 0 saturated carbocycles. The summed E-state index contributed by atoms with van der Waals surface area (Å²) in [4.78, 5) is 11.5. The van der Waals surface area contributed by atoms with Crippen molar-refractivity contribution < 1.29 is 18.0 Å². The van der Waals surface area contributed by atoms with Crippen molar-refractivity contribution in [3.63, 3.8) is 0 Å². The van der Waals surface area contributed by atoms with Crippen LogP contribution in [0, 0.1) is 6.92 Å². The number of hydrogen-bond acceptors (Lipinski definition) is 1. The molecule has 0 aliphatic carbocycles. The fourth-order valence-electron chi connectivity index (χ4n) is 1.37. The summed E-state index contributed by atoms with van der Waals surface area (Å²) in [5, 5.41) is 0. The molecule has 0 atom stereocenters. The number of Topliss-reactive ketones (excluding diaryl/α,β-unsaturated/α-hetero) is 1. The number of benzene rings is 1. The third kappa shape index (κ3) is 2.98. The normalized spacial score (nSPS) is 11.6. The molecule has 0 aromatic heterocycles. The number of carbonyl (C=O) groups is 1. The molecule has 0 heterocycles. The van der Waals surface area contributed by atoms with Gasteiger partial charge in [-0.05, 0) is 24.6 Å². The molecule has 0 bridgehead atoms. The Morgan fingerprint density at radius 1 is 1.38 bits per heavy atom. The van der Waals surface area contributed by atoms with E-state index in [0.29, 0.717) is 11.1 Å². The summed E-state index contributed by atoms with van der Waals surface area (Å²) in [6.07, 6.45) is -4.24. The maximum absolute atomic E-state index is 12.3. The number of rotatable bonds is 3. The fraction of sp³-hybridized carbons (Fsp3) is 0.364. The Hall–Kier alpha value is -1.03. The lowest BCUT2D eigenvalue weighted by atomic mass is 10.0. The molecule has 0 spiro atoms. The van der Waals surface area contributed by atoms with Crippen molar-refractivity contribution in [2.45, 2.75) is 19.5 Å². The van der Waals surface area contributed by atoms with Gasteiger partial charge in [0.05, 0.1) is 5.56 Å². The second-order valence-corrected chi connectivity index (χ2v) is 3.77. The predicted octanol–water partition coefficient (Wildman–Crippen LogP) is 3.83. The topological polar surface area (TPSA) is 17.1 Å². The zero-order valence-electron chi connectivity index (χ0n) is 8.57. The molecule has 1 aromatic carbocycles. The number of carbonyl (C=O) groups excluding carboxylic acids is 1. The minimum absolute atomic E-state index is 0.133. The van der Waals surface area contributed by atoms with Crippen LogP contribution < -0.4 is 0 Å². The van der Waals surface area contributed by atoms with Crippen LogP contribution in [0.1, 0.15) is 27.9 Å². The first-order valence-electron chi connectivity index (χ1n) is 4.63. The molecule has 0 unspecified atom stereocenters. The van der Waals surface area contributed by atoms with Crippen LogP contribution in [-0.4, -0.2) is 11.7 Å². The number of halogens is 4. The molecule has 1 nitrogen and oxygen atoms in total. The Labute approximate surface area is 96.2 Å². The Morgan fingerprint density at radius 3 is 2.44 bits per heavy atom. The molecule has 0 radical (unpaired) electrons. The molecule has 5 heteroatoms. The van der Waals surface area contributed by atoms with Gasteiger partial charge in [0, 0.05) is 17.9 Å². The van der Waals surface area contributed by atoms with Crippen LogP contribution in [0.5, 0.6) is 0 Å².